The Labute approximate surface area is 154 Å². The molecule has 6 heteroatoms. The van der Waals surface area contributed by atoms with E-state index in [2.05, 4.69) is 63.5 Å². The molecule has 0 unspecified atom stereocenters. The Morgan fingerprint density at radius 2 is 1.85 bits per heavy atom. The number of ether oxygens (including phenoxy) is 1. The van der Waals surface area contributed by atoms with E-state index < -0.39 is 0 Å². The van der Waals surface area contributed by atoms with Crippen LogP contribution in [-0.4, -0.2) is 39.5 Å². The highest BCUT2D eigenvalue weighted by molar-refractivity contribution is 5.42. The van der Waals surface area contributed by atoms with E-state index in [1.54, 1.807) is 7.11 Å². The van der Waals surface area contributed by atoms with E-state index in [0.29, 0.717) is 0 Å². The number of nitrogens with zero attached hydrogens (tertiary/aromatic N) is 3. The minimum absolute atomic E-state index is 0.811. The van der Waals surface area contributed by atoms with Gasteiger partial charge in [-0.3, -0.25) is 15.1 Å². The summed E-state index contributed by atoms with van der Waals surface area (Å²) in [5.41, 5.74) is 7.98. The lowest BCUT2D eigenvalue weighted by Gasteiger charge is -2.17. The van der Waals surface area contributed by atoms with Crippen LogP contribution in [0.4, 0.5) is 0 Å². The number of aromatic amines is 2. The molecule has 3 aromatic rings. The van der Waals surface area contributed by atoms with Gasteiger partial charge in [0.1, 0.15) is 5.75 Å². The summed E-state index contributed by atoms with van der Waals surface area (Å²) in [5, 5.41) is 14.7. The highest BCUT2D eigenvalue weighted by Gasteiger charge is 2.12. The number of H-pyrrole nitrogens is 2. The Balaban J connectivity index is 1.76. The van der Waals surface area contributed by atoms with Gasteiger partial charge in [-0.25, -0.2) is 0 Å². The number of nitrogens with one attached hydrogen (secondary N) is 2. The van der Waals surface area contributed by atoms with Crippen LogP contribution in [0, 0.1) is 20.8 Å². The SMILES string of the molecule is COc1ccc(CN(C)Cc2cc(C)[nH]n2)cc1Cc1c(C)n[nH]c1C. The molecular weight excluding hydrogens is 326 g/mol. The summed E-state index contributed by atoms with van der Waals surface area (Å²) >= 11 is 0. The molecule has 138 valence electrons. The van der Waals surface area contributed by atoms with Crippen LogP contribution in [0.25, 0.3) is 0 Å². The zero-order valence-electron chi connectivity index (χ0n) is 16.2. The Bertz CT molecular complexity index is 861. The molecular formula is C20H27N5O. The molecule has 2 heterocycles. The smallest absolute Gasteiger partial charge is 0.122 e. The third-order valence-corrected chi connectivity index (χ3v) is 4.64. The minimum Gasteiger partial charge on any atom is -0.496 e. The third kappa shape index (κ3) is 4.14. The summed E-state index contributed by atoms with van der Waals surface area (Å²) in [6, 6.07) is 8.50. The van der Waals surface area contributed by atoms with Gasteiger partial charge in [0.15, 0.2) is 0 Å². The van der Waals surface area contributed by atoms with Crippen molar-refractivity contribution in [1.82, 2.24) is 25.3 Å². The lowest BCUT2D eigenvalue weighted by molar-refractivity contribution is 0.314. The lowest BCUT2D eigenvalue weighted by Crippen LogP contribution is -2.17. The molecule has 3 rings (SSSR count). The largest absolute Gasteiger partial charge is 0.496 e. The molecule has 1 aromatic carbocycles. The average Bonchev–Trinajstić information content (AvgIpc) is 3.15. The molecule has 0 saturated heterocycles. The van der Waals surface area contributed by atoms with Crippen LogP contribution in [0.1, 0.15) is 39.5 Å². The number of hydrogen-bond donors (Lipinski definition) is 2. The van der Waals surface area contributed by atoms with Gasteiger partial charge in [0.25, 0.3) is 0 Å². The van der Waals surface area contributed by atoms with Crippen molar-refractivity contribution in [3.8, 4) is 5.75 Å². The first-order valence-electron chi connectivity index (χ1n) is 8.82. The number of methoxy groups -OCH3 is 1. The first-order chi connectivity index (χ1) is 12.5. The zero-order valence-corrected chi connectivity index (χ0v) is 16.2. The van der Waals surface area contributed by atoms with Gasteiger partial charge in [-0.2, -0.15) is 10.2 Å². The fraction of sp³-hybridized carbons (Fsp3) is 0.400. The molecule has 0 aliphatic heterocycles. The molecule has 2 N–H and O–H groups in total. The number of hydrogen-bond acceptors (Lipinski definition) is 4. The Kier molecular flexibility index (Phi) is 5.42. The Morgan fingerprint density at radius 3 is 2.46 bits per heavy atom. The summed E-state index contributed by atoms with van der Waals surface area (Å²) in [4.78, 5) is 2.26. The quantitative estimate of drug-likeness (QED) is 0.684. The Morgan fingerprint density at radius 1 is 1.04 bits per heavy atom. The lowest BCUT2D eigenvalue weighted by atomic mass is 10.00. The topological polar surface area (TPSA) is 69.8 Å². The van der Waals surface area contributed by atoms with Crippen LogP contribution in [-0.2, 0) is 19.5 Å². The monoisotopic (exact) mass is 353 g/mol. The molecule has 0 amide bonds. The zero-order chi connectivity index (χ0) is 18.7. The molecule has 0 saturated carbocycles. The Hall–Kier alpha value is -2.60. The van der Waals surface area contributed by atoms with E-state index in [4.69, 9.17) is 4.74 Å². The number of aromatic nitrogens is 4. The second-order valence-corrected chi connectivity index (χ2v) is 6.95. The van der Waals surface area contributed by atoms with Gasteiger partial charge in [0.05, 0.1) is 18.5 Å². The average molecular weight is 353 g/mol. The van der Waals surface area contributed by atoms with Gasteiger partial charge < -0.3 is 4.74 Å². The highest BCUT2D eigenvalue weighted by Crippen LogP contribution is 2.25. The van der Waals surface area contributed by atoms with Crippen LogP contribution in [0.5, 0.6) is 5.75 Å². The minimum atomic E-state index is 0.811. The van der Waals surface area contributed by atoms with Crippen LogP contribution in [0.2, 0.25) is 0 Å². The second kappa shape index (κ2) is 7.74. The van der Waals surface area contributed by atoms with Crippen molar-refractivity contribution in [3.63, 3.8) is 0 Å². The number of rotatable bonds is 7. The summed E-state index contributed by atoms with van der Waals surface area (Å²) in [6.45, 7) is 7.78. The standard InChI is InChI=1S/C20H27N5O/c1-13-8-18(24-21-13)12-25(4)11-16-6-7-20(26-5)17(9-16)10-19-14(2)22-23-15(19)3/h6-9H,10-12H2,1-5H3,(H,21,24)(H,22,23). The fourth-order valence-corrected chi connectivity index (χ4v) is 3.29. The van der Waals surface area contributed by atoms with E-state index in [1.807, 2.05) is 13.8 Å². The van der Waals surface area contributed by atoms with Gasteiger partial charge >= 0.3 is 0 Å². The normalized spacial score (nSPS) is 11.3. The van der Waals surface area contributed by atoms with Crippen LogP contribution in [0.15, 0.2) is 24.3 Å². The van der Waals surface area contributed by atoms with E-state index in [9.17, 15) is 0 Å². The van der Waals surface area contributed by atoms with Crippen molar-refractivity contribution in [1.29, 1.82) is 0 Å². The van der Waals surface area contributed by atoms with Gasteiger partial charge in [-0.05, 0) is 51.1 Å². The summed E-state index contributed by atoms with van der Waals surface area (Å²) in [6.07, 6.45) is 0.813. The van der Waals surface area contributed by atoms with Crippen molar-refractivity contribution in [2.24, 2.45) is 0 Å². The van der Waals surface area contributed by atoms with Crippen molar-refractivity contribution in [2.75, 3.05) is 14.2 Å². The van der Waals surface area contributed by atoms with Gasteiger partial charge in [-0.1, -0.05) is 12.1 Å². The van der Waals surface area contributed by atoms with Crippen molar-refractivity contribution >= 4 is 0 Å². The van der Waals surface area contributed by atoms with Gasteiger partial charge in [0.2, 0.25) is 0 Å². The van der Waals surface area contributed by atoms with E-state index in [0.717, 1.165) is 48.0 Å². The maximum atomic E-state index is 5.57. The van der Waals surface area contributed by atoms with Gasteiger partial charge in [0, 0.05) is 36.5 Å². The molecule has 6 nitrogen and oxygen atoms in total. The van der Waals surface area contributed by atoms with E-state index >= 15 is 0 Å². The fourth-order valence-electron chi connectivity index (χ4n) is 3.29. The molecule has 0 radical (unpaired) electrons. The van der Waals surface area contributed by atoms with Crippen molar-refractivity contribution in [3.05, 3.63) is 63.7 Å². The molecule has 2 aromatic heterocycles. The maximum absolute atomic E-state index is 5.57. The van der Waals surface area contributed by atoms with E-state index in [1.165, 1.54) is 16.7 Å². The molecule has 0 aliphatic rings. The van der Waals surface area contributed by atoms with Crippen molar-refractivity contribution < 1.29 is 4.74 Å². The maximum Gasteiger partial charge on any atom is 0.122 e. The first kappa shape index (κ1) is 18.2. The van der Waals surface area contributed by atoms with Crippen LogP contribution < -0.4 is 4.74 Å². The first-order valence-corrected chi connectivity index (χ1v) is 8.82. The third-order valence-electron chi connectivity index (χ3n) is 4.64. The molecule has 0 aliphatic carbocycles. The predicted octanol–water partition coefficient (Wildman–Crippen LogP) is 3.29. The molecule has 0 fully saturated rings. The summed E-state index contributed by atoms with van der Waals surface area (Å²) in [5.74, 6) is 0.916. The van der Waals surface area contributed by atoms with Crippen LogP contribution >= 0.6 is 0 Å². The van der Waals surface area contributed by atoms with Gasteiger partial charge in [-0.15, -0.1) is 0 Å². The second-order valence-electron chi connectivity index (χ2n) is 6.95. The number of benzene rings is 1. The van der Waals surface area contributed by atoms with Crippen LogP contribution in [0.3, 0.4) is 0 Å². The van der Waals surface area contributed by atoms with Crippen molar-refractivity contribution in [2.45, 2.75) is 40.3 Å². The number of aryl methyl sites for hydroxylation is 3. The predicted molar refractivity (Wildman–Crippen MR) is 102 cm³/mol. The highest BCUT2D eigenvalue weighted by atomic mass is 16.5. The molecule has 26 heavy (non-hydrogen) atoms. The molecule has 0 bridgehead atoms. The summed E-state index contributed by atoms with van der Waals surface area (Å²) < 4.78 is 5.57. The summed E-state index contributed by atoms with van der Waals surface area (Å²) in [7, 11) is 3.83. The van der Waals surface area contributed by atoms with E-state index in [-0.39, 0.29) is 0 Å². The molecule has 0 atom stereocenters. The molecule has 0 spiro atoms.